The molecule has 1 aromatic rings. The van der Waals surface area contributed by atoms with Crippen LogP contribution in [0.4, 0.5) is 5.69 Å². The van der Waals surface area contributed by atoms with Crippen LogP contribution in [-0.2, 0) is 0 Å². The molecular formula is C16H27N3. The van der Waals surface area contributed by atoms with Crippen LogP contribution in [0, 0.1) is 13.8 Å². The number of aryl methyl sites for hydroxylation is 1. The summed E-state index contributed by atoms with van der Waals surface area (Å²) in [6.07, 6.45) is 0. The lowest BCUT2D eigenvalue weighted by Crippen LogP contribution is -2.59. The van der Waals surface area contributed by atoms with Gasteiger partial charge in [0.05, 0.1) is 6.04 Å². The Hall–Kier alpha value is -1.06. The summed E-state index contributed by atoms with van der Waals surface area (Å²) in [4.78, 5) is 4.89. The van der Waals surface area contributed by atoms with Crippen LogP contribution in [0.15, 0.2) is 18.2 Å². The van der Waals surface area contributed by atoms with E-state index >= 15 is 0 Å². The average Bonchev–Trinajstić information content (AvgIpc) is 2.33. The van der Waals surface area contributed by atoms with Crippen molar-refractivity contribution in [2.75, 3.05) is 38.6 Å². The fraction of sp³-hybridized carbons (Fsp3) is 0.625. The van der Waals surface area contributed by atoms with Crippen LogP contribution < -0.4 is 10.2 Å². The number of benzene rings is 1. The van der Waals surface area contributed by atoms with Gasteiger partial charge in [-0.3, -0.25) is 0 Å². The van der Waals surface area contributed by atoms with Gasteiger partial charge in [0.2, 0.25) is 0 Å². The Kier molecular flexibility index (Phi) is 4.48. The lowest BCUT2D eigenvalue weighted by molar-refractivity contribution is 0.315. The minimum absolute atomic E-state index is 0.541. The molecule has 106 valence electrons. The Morgan fingerprint density at radius 3 is 2.68 bits per heavy atom. The highest BCUT2D eigenvalue weighted by atomic mass is 15.3. The standard InChI is InChI=1S/C16H27N3/c1-12-7-6-8-16(14(12)3)19-13(2)9-17-10-15(19)11-18(4)5/h6-8,13,15,17H,9-11H2,1-5H3. The van der Waals surface area contributed by atoms with E-state index in [-0.39, 0.29) is 0 Å². The highest BCUT2D eigenvalue weighted by Gasteiger charge is 2.29. The van der Waals surface area contributed by atoms with Gasteiger partial charge in [-0.25, -0.2) is 0 Å². The van der Waals surface area contributed by atoms with Gasteiger partial charge < -0.3 is 15.1 Å². The highest BCUT2D eigenvalue weighted by Crippen LogP contribution is 2.27. The molecule has 0 aromatic heterocycles. The predicted octanol–water partition coefficient (Wildman–Crippen LogP) is 2.03. The Labute approximate surface area is 117 Å². The topological polar surface area (TPSA) is 18.5 Å². The molecule has 1 aromatic carbocycles. The van der Waals surface area contributed by atoms with Gasteiger partial charge in [0.25, 0.3) is 0 Å². The zero-order chi connectivity index (χ0) is 14.0. The van der Waals surface area contributed by atoms with Gasteiger partial charge in [-0.2, -0.15) is 0 Å². The van der Waals surface area contributed by atoms with E-state index in [0.29, 0.717) is 12.1 Å². The summed E-state index contributed by atoms with van der Waals surface area (Å²) in [7, 11) is 4.31. The van der Waals surface area contributed by atoms with Crippen molar-refractivity contribution in [2.24, 2.45) is 0 Å². The van der Waals surface area contributed by atoms with E-state index in [0.717, 1.165) is 19.6 Å². The van der Waals surface area contributed by atoms with Crippen molar-refractivity contribution in [1.82, 2.24) is 10.2 Å². The molecule has 1 saturated heterocycles. The van der Waals surface area contributed by atoms with Gasteiger partial charge in [0.15, 0.2) is 0 Å². The zero-order valence-electron chi connectivity index (χ0n) is 12.9. The minimum atomic E-state index is 0.541. The number of nitrogens with one attached hydrogen (secondary N) is 1. The summed E-state index contributed by atoms with van der Waals surface area (Å²) in [5.41, 5.74) is 4.20. The Bertz CT molecular complexity index is 428. The predicted molar refractivity (Wildman–Crippen MR) is 83.1 cm³/mol. The largest absolute Gasteiger partial charge is 0.362 e. The number of hydrogen-bond donors (Lipinski definition) is 1. The van der Waals surface area contributed by atoms with E-state index in [4.69, 9.17) is 0 Å². The van der Waals surface area contributed by atoms with E-state index in [1.807, 2.05) is 0 Å². The number of hydrogen-bond acceptors (Lipinski definition) is 3. The molecule has 1 heterocycles. The van der Waals surface area contributed by atoms with Gasteiger partial charge in [0.1, 0.15) is 0 Å². The number of nitrogens with zero attached hydrogens (tertiary/aromatic N) is 2. The van der Waals surface area contributed by atoms with Gasteiger partial charge >= 0.3 is 0 Å². The van der Waals surface area contributed by atoms with Gasteiger partial charge in [0, 0.05) is 31.4 Å². The van der Waals surface area contributed by atoms with Crippen molar-refractivity contribution in [2.45, 2.75) is 32.9 Å². The molecular weight excluding hydrogens is 234 g/mol. The number of piperazine rings is 1. The van der Waals surface area contributed by atoms with Crippen molar-refractivity contribution < 1.29 is 0 Å². The van der Waals surface area contributed by atoms with Crippen LogP contribution in [0.5, 0.6) is 0 Å². The minimum Gasteiger partial charge on any atom is -0.362 e. The Morgan fingerprint density at radius 1 is 1.26 bits per heavy atom. The Balaban J connectivity index is 2.33. The first-order valence-corrected chi connectivity index (χ1v) is 7.20. The van der Waals surface area contributed by atoms with Crippen LogP contribution >= 0.6 is 0 Å². The summed E-state index contributed by atoms with van der Waals surface area (Å²) in [6.45, 7) is 9.98. The van der Waals surface area contributed by atoms with Crippen molar-refractivity contribution in [1.29, 1.82) is 0 Å². The van der Waals surface area contributed by atoms with E-state index in [1.165, 1.54) is 16.8 Å². The molecule has 3 nitrogen and oxygen atoms in total. The normalized spacial score (nSPS) is 24.0. The summed E-state index contributed by atoms with van der Waals surface area (Å²) in [5, 5.41) is 3.56. The maximum atomic E-state index is 3.56. The number of anilines is 1. The summed E-state index contributed by atoms with van der Waals surface area (Å²) < 4.78 is 0. The fourth-order valence-electron chi connectivity index (χ4n) is 3.04. The van der Waals surface area contributed by atoms with Crippen molar-refractivity contribution in [3.8, 4) is 0 Å². The monoisotopic (exact) mass is 261 g/mol. The van der Waals surface area contributed by atoms with Gasteiger partial charge in [-0.1, -0.05) is 12.1 Å². The molecule has 1 aliphatic heterocycles. The molecule has 1 fully saturated rings. The second-order valence-corrected chi connectivity index (χ2v) is 6.05. The van der Waals surface area contributed by atoms with Crippen LogP contribution in [0.3, 0.4) is 0 Å². The van der Waals surface area contributed by atoms with Crippen molar-refractivity contribution in [3.63, 3.8) is 0 Å². The zero-order valence-corrected chi connectivity index (χ0v) is 12.9. The molecule has 2 unspecified atom stereocenters. The molecule has 0 saturated carbocycles. The maximum Gasteiger partial charge on any atom is 0.0544 e. The molecule has 3 heteroatoms. The van der Waals surface area contributed by atoms with E-state index in [9.17, 15) is 0 Å². The first-order chi connectivity index (χ1) is 9.00. The van der Waals surface area contributed by atoms with Crippen molar-refractivity contribution in [3.05, 3.63) is 29.3 Å². The molecule has 0 spiro atoms. The molecule has 2 rings (SSSR count). The first-order valence-electron chi connectivity index (χ1n) is 7.20. The molecule has 19 heavy (non-hydrogen) atoms. The summed E-state index contributed by atoms with van der Waals surface area (Å²) in [6, 6.07) is 7.73. The average molecular weight is 261 g/mol. The number of likely N-dealkylation sites (N-methyl/N-ethyl adjacent to an activating group) is 1. The lowest BCUT2D eigenvalue weighted by atomic mass is 10.0. The molecule has 0 radical (unpaired) electrons. The summed E-state index contributed by atoms with van der Waals surface area (Å²) in [5.74, 6) is 0. The third-order valence-corrected chi connectivity index (χ3v) is 4.12. The Morgan fingerprint density at radius 2 is 2.00 bits per heavy atom. The third kappa shape index (κ3) is 3.10. The first kappa shape index (κ1) is 14.4. The number of rotatable bonds is 3. The third-order valence-electron chi connectivity index (χ3n) is 4.12. The second-order valence-electron chi connectivity index (χ2n) is 6.05. The van der Waals surface area contributed by atoms with E-state index in [2.05, 4.69) is 68.2 Å². The summed E-state index contributed by atoms with van der Waals surface area (Å²) >= 11 is 0. The molecule has 0 amide bonds. The highest BCUT2D eigenvalue weighted by molar-refractivity contribution is 5.58. The van der Waals surface area contributed by atoms with Crippen LogP contribution in [0.25, 0.3) is 0 Å². The second kappa shape index (κ2) is 5.93. The van der Waals surface area contributed by atoms with E-state index < -0.39 is 0 Å². The van der Waals surface area contributed by atoms with Crippen LogP contribution in [0.1, 0.15) is 18.1 Å². The maximum absolute atomic E-state index is 3.56. The fourth-order valence-corrected chi connectivity index (χ4v) is 3.04. The van der Waals surface area contributed by atoms with Gasteiger partial charge in [-0.05, 0) is 52.1 Å². The molecule has 0 aliphatic carbocycles. The van der Waals surface area contributed by atoms with E-state index in [1.54, 1.807) is 0 Å². The van der Waals surface area contributed by atoms with Crippen LogP contribution in [0.2, 0.25) is 0 Å². The SMILES string of the molecule is Cc1cccc(N2C(C)CNCC2CN(C)C)c1C. The van der Waals surface area contributed by atoms with Crippen molar-refractivity contribution >= 4 is 5.69 Å². The molecule has 1 N–H and O–H groups in total. The van der Waals surface area contributed by atoms with Gasteiger partial charge in [-0.15, -0.1) is 0 Å². The molecule has 2 atom stereocenters. The van der Waals surface area contributed by atoms with Crippen LogP contribution in [-0.4, -0.2) is 50.7 Å². The smallest absolute Gasteiger partial charge is 0.0544 e. The lowest BCUT2D eigenvalue weighted by Gasteiger charge is -2.44. The molecule has 1 aliphatic rings. The molecule has 0 bridgehead atoms. The quantitative estimate of drug-likeness (QED) is 0.898.